The average Bonchev–Trinajstić information content (AvgIpc) is 2.30. The van der Waals surface area contributed by atoms with E-state index >= 15 is 0 Å². The van der Waals surface area contributed by atoms with Crippen LogP contribution in [0.2, 0.25) is 0 Å². The predicted molar refractivity (Wildman–Crippen MR) is 80.2 cm³/mol. The second kappa shape index (κ2) is 13.8. The molecule has 0 bridgehead atoms. The standard InChI is InChI=1S/C17H33/c1-4-5-6-7-8-9-10-11-12-13-14-15-16-17(2)3/h7-8H,4-6,9-16H2,1-3H3/b8-7+. The zero-order chi connectivity index (χ0) is 12.8. The lowest BCUT2D eigenvalue weighted by Crippen LogP contribution is -1.85. The first-order valence-electron chi connectivity index (χ1n) is 7.71. The van der Waals surface area contributed by atoms with Crippen LogP contribution in [0, 0.1) is 5.92 Å². The van der Waals surface area contributed by atoms with Gasteiger partial charge in [0.25, 0.3) is 0 Å². The Hall–Kier alpha value is -0.260. The first-order valence-corrected chi connectivity index (χ1v) is 7.71. The fourth-order valence-electron chi connectivity index (χ4n) is 2.01. The van der Waals surface area contributed by atoms with Crippen molar-refractivity contribution in [2.75, 3.05) is 0 Å². The van der Waals surface area contributed by atoms with Crippen LogP contribution in [0.5, 0.6) is 0 Å². The van der Waals surface area contributed by atoms with Crippen molar-refractivity contribution < 1.29 is 0 Å². The second-order valence-corrected chi connectivity index (χ2v) is 5.48. The van der Waals surface area contributed by atoms with Crippen LogP contribution in [-0.2, 0) is 0 Å². The summed E-state index contributed by atoms with van der Waals surface area (Å²) in [5, 5.41) is 0. The molecule has 0 aliphatic heterocycles. The third kappa shape index (κ3) is 15.7. The van der Waals surface area contributed by atoms with Gasteiger partial charge in [-0.3, -0.25) is 0 Å². The van der Waals surface area contributed by atoms with Gasteiger partial charge in [-0.1, -0.05) is 77.9 Å². The molecular weight excluding hydrogens is 204 g/mol. The summed E-state index contributed by atoms with van der Waals surface area (Å²) < 4.78 is 0. The smallest absolute Gasteiger partial charge is 0.0303 e. The molecule has 0 aliphatic carbocycles. The summed E-state index contributed by atoms with van der Waals surface area (Å²) in [6.45, 7) is 6.74. The molecule has 0 atom stereocenters. The Morgan fingerprint density at radius 1 is 0.706 bits per heavy atom. The lowest BCUT2D eigenvalue weighted by atomic mass is 10.0. The Bertz CT molecular complexity index is 155. The van der Waals surface area contributed by atoms with Gasteiger partial charge >= 0.3 is 0 Å². The van der Waals surface area contributed by atoms with E-state index in [1.165, 1.54) is 70.6 Å². The van der Waals surface area contributed by atoms with E-state index in [4.69, 9.17) is 0 Å². The Morgan fingerprint density at radius 3 is 1.82 bits per heavy atom. The van der Waals surface area contributed by atoms with Crippen LogP contribution < -0.4 is 0 Å². The molecule has 0 aromatic rings. The van der Waals surface area contributed by atoms with Crippen molar-refractivity contribution in [1.29, 1.82) is 0 Å². The van der Waals surface area contributed by atoms with Crippen molar-refractivity contribution in [3.8, 4) is 0 Å². The van der Waals surface area contributed by atoms with Crippen LogP contribution in [0.25, 0.3) is 0 Å². The highest BCUT2D eigenvalue weighted by Gasteiger charge is 1.94. The largest absolute Gasteiger partial charge is 0.0885 e. The van der Waals surface area contributed by atoms with Gasteiger partial charge < -0.3 is 0 Å². The minimum Gasteiger partial charge on any atom is -0.0885 e. The van der Waals surface area contributed by atoms with E-state index in [9.17, 15) is 0 Å². The Kier molecular flexibility index (Phi) is 13.6. The highest BCUT2D eigenvalue weighted by Crippen LogP contribution is 2.13. The highest BCUT2D eigenvalue weighted by atomic mass is 14.0. The van der Waals surface area contributed by atoms with Gasteiger partial charge in [0.15, 0.2) is 0 Å². The summed E-state index contributed by atoms with van der Waals surface area (Å²) >= 11 is 0. The van der Waals surface area contributed by atoms with Gasteiger partial charge in [0.2, 0.25) is 0 Å². The van der Waals surface area contributed by atoms with E-state index < -0.39 is 0 Å². The zero-order valence-electron chi connectivity index (χ0n) is 12.4. The van der Waals surface area contributed by atoms with Crippen molar-refractivity contribution >= 4 is 0 Å². The molecule has 0 aromatic carbocycles. The van der Waals surface area contributed by atoms with Gasteiger partial charge in [-0.2, -0.15) is 0 Å². The maximum absolute atomic E-state index is 2.38. The fourth-order valence-corrected chi connectivity index (χ4v) is 2.01. The molecule has 0 aliphatic rings. The van der Waals surface area contributed by atoms with Crippen LogP contribution in [0.4, 0.5) is 0 Å². The summed E-state index contributed by atoms with van der Waals surface area (Å²) in [5.41, 5.74) is 0. The van der Waals surface area contributed by atoms with Crippen molar-refractivity contribution in [2.45, 2.75) is 91.4 Å². The van der Waals surface area contributed by atoms with Gasteiger partial charge in [0, 0.05) is 0 Å². The first kappa shape index (κ1) is 16.7. The second-order valence-electron chi connectivity index (χ2n) is 5.48. The minimum atomic E-state index is 1.28. The van der Waals surface area contributed by atoms with Gasteiger partial charge in [-0.05, 0) is 31.6 Å². The SMILES string of the molecule is CCCC/C=C/CCCCCCCC[C](C)C. The molecule has 0 amide bonds. The molecule has 17 heavy (non-hydrogen) atoms. The lowest BCUT2D eigenvalue weighted by molar-refractivity contribution is 0.585. The van der Waals surface area contributed by atoms with E-state index in [1.807, 2.05) is 0 Å². The van der Waals surface area contributed by atoms with Crippen molar-refractivity contribution in [3.63, 3.8) is 0 Å². The van der Waals surface area contributed by atoms with Crippen LogP contribution >= 0.6 is 0 Å². The zero-order valence-corrected chi connectivity index (χ0v) is 12.4. The molecule has 0 saturated heterocycles. The Morgan fingerprint density at radius 2 is 1.24 bits per heavy atom. The number of allylic oxidation sites excluding steroid dienone is 2. The molecule has 1 radical (unpaired) electrons. The summed E-state index contributed by atoms with van der Waals surface area (Å²) in [6, 6.07) is 0. The van der Waals surface area contributed by atoms with Gasteiger partial charge in [-0.15, -0.1) is 0 Å². The molecule has 0 aromatic heterocycles. The van der Waals surface area contributed by atoms with Crippen molar-refractivity contribution in [1.82, 2.24) is 0 Å². The molecule has 0 N–H and O–H groups in total. The summed E-state index contributed by atoms with van der Waals surface area (Å²) in [6.07, 6.45) is 19.8. The maximum atomic E-state index is 2.38. The normalized spacial score (nSPS) is 11.8. The van der Waals surface area contributed by atoms with Crippen molar-refractivity contribution in [2.24, 2.45) is 0 Å². The van der Waals surface area contributed by atoms with Crippen LogP contribution in [-0.4, -0.2) is 0 Å². The predicted octanol–water partition coefficient (Wildman–Crippen LogP) is 6.47. The van der Waals surface area contributed by atoms with Crippen LogP contribution in [0.15, 0.2) is 12.2 Å². The Balaban J connectivity index is 3.01. The number of hydrogen-bond acceptors (Lipinski definition) is 0. The molecule has 0 heterocycles. The molecule has 0 saturated carbocycles. The highest BCUT2D eigenvalue weighted by molar-refractivity contribution is 4.81. The quantitative estimate of drug-likeness (QED) is 0.269. The number of rotatable bonds is 12. The third-order valence-corrected chi connectivity index (χ3v) is 3.19. The molecule has 0 rings (SSSR count). The van der Waals surface area contributed by atoms with Gasteiger partial charge in [-0.25, -0.2) is 0 Å². The van der Waals surface area contributed by atoms with E-state index in [-0.39, 0.29) is 0 Å². The molecule has 101 valence electrons. The molecule has 0 unspecified atom stereocenters. The van der Waals surface area contributed by atoms with Crippen LogP contribution in [0.1, 0.15) is 91.4 Å². The molecular formula is C17H33. The molecule has 0 nitrogen and oxygen atoms in total. The average molecular weight is 237 g/mol. The lowest BCUT2D eigenvalue weighted by Gasteiger charge is -2.03. The number of unbranched alkanes of at least 4 members (excludes halogenated alkanes) is 8. The molecule has 0 heteroatoms. The van der Waals surface area contributed by atoms with E-state index in [0.29, 0.717) is 0 Å². The molecule has 0 fully saturated rings. The van der Waals surface area contributed by atoms with E-state index in [1.54, 1.807) is 5.92 Å². The Labute approximate surface area is 110 Å². The molecule has 0 spiro atoms. The summed E-state index contributed by atoms with van der Waals surface area (Å²) in [5.74, 6) is 1.59. The maximum Gasteiger partial charge on any atom is -0.0303 e. The summed E-state index contributed by atoms with van der Waals surface area (Å²) in [7, 11) is 0. The van der Waals surface area contributed by atoms with E-state index in [2.05, 4.69) is 32.9 Å². The third-order valence-electron chi connectivity index (χ3n) is 3.19. The van der Waals surface area contributed by atoms with Gasteiger partial charge in [0.1, 0.15) is 0 Å². The van der Waals surface area contributed by atoms with Crippen LogP contribution in [0.3, 0.4) is 0 Å². The van der Waals surface area contributed by atoms with Crippen molar-refractivity contribution in [3.05, 3.63) is 18.1 Å². The van der Waals surface area contributed by atoms with E-state index in [0.717, 1.165) is 0 Å². The summed E-state index contributed by atoms with van der Waals surface area (Å²) in [4.78, 5) is 0. The first-order chi connectivity index (χ1) is 8.27. The topological polar surface area (TPSA) is 0 Å². The van der Waals surface area contributed by atoms with Gasteiger partial charge in [0.05, 0.1) is 0 Å². The fraction of sp³-hybridized carbons (Fsp3) is 0.824. The monoisotopic (exact) mass is 237 g/mol. The number of hydrogen-bond donors (Lipinski definition) is 0. The minimum absolute atomic E-state index is 1.28.